The van der Waals surface area contributed by atoms with Crippen molar-refractivity contribution in [3.63, 3.8) is 0 Å². The third-order valence-electron chi connectivity index (χ3n) is 3.18. The number of rotatable bonds is 12. The quantitative estimate of drug-likeness (QED) is 0.217. The zero-order valence-electron chi connectivity index (χ0n) is 16.3. The lowest BCUT2D eigenvalue weighted by Crippen LogP contribution is -2.29. The second-order valence-electron chi connectivity index (χ2n) is 8.22. The summed E-state index contributed by atoms with van der Waals surface area (Å²) in [5.74, 6) is 0.745. The van der Waals surface area contributed by atoms with Crippen molar-refractivity contribution in [1.82, 2.24) is 0 Å². The van der Waals surface area contributed by atoms with Crippen LogP contribution in [0.3, 0.4) is 0 Å². The summed E-state index contributed by atoms with van der Waals surface area (Å²) in [6.07, 6.45) is 14.1. The first-order valence-electron chi connectivity index (χ1n) is 9.22. The molecular formula is C19H40O2Si. The maximum atomic E-state index is 6.06. The molecule has 0 aliphatic heterocycles. The Balaban J connectivity index is 3.99. The van der Waals surface area contributed by atoms with Crippen LogP contribution in [-0.4, -0.2) is 13.9 Å². The van der Waals surface area contributed by atoms with Crippen LogP contribution in [0.2, 0.25) is 19.6 Å². The second kappa shape index (κ2) is 11.1. The summed E-state index contributed by atoms with van der Waals surface area (Å²) < 4.78 is 12.0. The number of ether oxygens (including phenoxy) is 1. The van der Waals surface area contributed by atoms with E-state index in [1.165, 1.54) is 51.4 Å². The SMILES string of the molecule is CCCCCCCCCC/C=C(\OC(C)(C)C)O[Si](C)(C)C. The number of hydrogen-bond acceptors (Lipinski definition) is 2. The fourth-order valence-electron chi connectivity index (χ4n) is 2.21. The highest BCUT2D eigenvalue weighted by Gasteiger charge is 2.22. The highest BCUT2D eigenvalue weighted by Crippen LogP contribution is 2.20. The van der Waals surface area contributed by atoms with Gasteiger partial charge in [0, 0.05) is 0 Å². The highest BCUT2D eigenvalue weighted by atomic mass is 28.4. The minimum Gasteiger partial charge on any atom is -0.520 e. The summed E-state index contributed by atoms with van der Waals surface area (Å²) in [5.41, 5.74) is -0.190. The Bertz CT molecular complexity index is 280. The van der Waals surface area contributed by atoms with Gasteiger partial charge in [-0.25, -0.2) is 0 Å². The topological polar surface area (TPSA) is 18.5 Å². The normalized spacial score (nSPS) is 13.3. The first kappa shape index (κ1) is 21.6. The Hall–Kier alpha value is -0.443. The maximum Gasteiger partial charge on any atom is 0.261 e. The van der Waals surface area contributed by atoms with Crippen LogP contribution in [0.15, 0.2) is 12.0 Å². The summed E-state index contributed by atoms with van der Waals surface area (Å²) in [5, 5.41) is 0. The molecule has 0 bridgehead atoms. The summed E-state index contributed by atoms with van der Waals surface area (Å²) in [6.45, 7) is 15.1. The van der Waals surface area contributed by atoms with Gasteiger partial charge in [-0.15, -0.1) is 0 Å². The van der Waals surface area contributed by atoms with Crippen LogP contribution in [0, 0.1) is 0 Å². The molecular weight excluding hydrogens is 288 g/mol. The number of hydrogen-bond donors (Lipinski definition) is 0. The third-order valence-corrected chi connectivity index (χ3v) is 4.00. The number of allylic oxidation sites excluding steroid dienone is 1. The van der Waals surface area contributed by atoms with Crippen molar-refractivity contribution < 1.29 is 9.16 Å². The molecule has 0 saturated heterocycles. The monoisotopic (exact) mass is 328 g/mol. The molecule has 0 aromatic rings. The van der Waals surface area contributed by atoms with Gasteiger partial charge in [-0.3, -0.25) is 0 Å². The Morgan fingerprint density at radius 2 is 1.36 bits per heavy atom. The first-order chi connectivity index (χ1) is 10.1. The standard InChI is InChI=1S/C19H40O2Si/c1-8-9-10-11-12-13-14-15-16-17-18(20-19(2,3)4)21-22(5,6)7/h17H,8-16H2,1-7H3/b18-17+. The zero-order valence-corrected chi connectivity index (χ0v) is 17.3. The third kappa shape index (κ3) is 15.9. The van der Waals surface area contributed by atoms with Gasteiger partial charge in [-0.2, -0.15) is 0 Å². The van der Waals surface area contributed by atoms with Crippen molar-refractivity contribution in [2.45, 2.75) is 111 Å². The van der Waals surface area contributed by atoms with E-state index in [1.54, 1.807) is 0 Å². The van der Waals surface area contributed by atoms with Crippen LogP contribution < -0.4 is 0 Å². The van der Waals surface area contributed by atoms with E-state index in [1.807, 2.05) is 0 Å². The molecule has 3 heteroatoms. The molecule has 0 aliphatic carbocycles. The molecule has 0 unspecified atom stereocenters. The molecule has 22 heavy (non-hydrogen) atoms. The predicted molar refractivity (Wildman–Crippen MR) is 101 cm³/mol. The van der Waals surface area contributed by atoms with Crippen molar-refractivity contribution >= 4 is 8.32 Å². The molecule has 0 N–H and O–H groups in total. The van der Waals surface area contributed by atoms with Crippen LogP contribution in [-0.2, 0) is 9.16 Å². The lowest BCUT2D eigenvalue weighted by atomic mass is 10.1. The smallest absolute Gasteiger partial charge is 0.261 e. The van der Waals surface area contributed by atoms with Crippen LogP contribution in [0.4, 0.5) is 0 Å². The van der Waals surface area contributed by atoms with Crippen LogP contribution in [0.5, 0.6) is 0 Å². The van der Waals surface area contributed by atoms with Gasteiger partial charge in [0.05, 0.1) is 0 Å². The Kier molecular flexibility index (Phi) is 10.9. The van der Waals surface area contributed by atoms with E-state index in [4.69, 9.17) is 9.16 Å². The molecule has 0 radical (unpaired) electrons. The molecule has 0 amide bonds. The summed E-state index contributed by atoms with van der Waals surface area (Å²) in [7, 11) is -1.61. The van der Waals surface area contributed by atoms with Gasteiger partial charge in [0.25, 0.3) is 5.95 Å². The Morgan fingerprint density at radius 3 is 1.82 bits per heavy atom. The van der Waals surface area contributed by atoms with Crippen LogP contribution in [0.1, 0.15) is 85.5 Å². The van der Waals surface area contributed by atoms with E-state index in [0.29, 0.717) is 0 Å². The fraction of sp³-hybridized carbons (Fsp3) is 0.895. The van der Waals surface area contributed by atoms with Gasteiger partial charge in [-0.05, 0) is 59.3 Å². The number of unbranched alkanes of at least 4 members (excludes halogenated alkanes) is 8. The summed E-state index contributed by atoms with van der Waals surface area (Å²) >= 11 is 0. The first-order valence-corrected chi connectivity index (χ1v) is 12.6. The fourth-order valence-corrected chi connectivity index (χ4v) is 2.93. The molecule has 2 nitrogen and oxygen atoms in total. The van der Waals surface area contributed by atoms with Gasteiger partial charge >= 0.3 is 0 Å². The maximum absolute atomic E-state index is 6.06. The van der Waals surface area contributed by atoms with Gasteiger partial charge in [-0.1, -0.05) is 51.9 Å². The van der Waals surface area contributed by atoms with Crippen LogP contribution >= 0.6 is 0 Å². The molecule has 0 aliphatic rings. The van der Waals surface area contributed by atoms with Crippen molar-refractivity contribution in [3.8, 4) is 0 Å². The molecule has 0 atom stereocenters. The molecule has 0 heterocycles. The minimum atomic E-state index is -1.61. The van der Waals surface area contributed by atoms with Crippen LogP contribution in [0.25, 0.3) is 0 Å². The van der Waals surface area contributed by atoms with Crippen molar-refractivity contribution in [2.24, 2.45) is 0 Å². The van der Waals surface area contributed by atoms with Gasteiger partial charge in [0.1, 0.15) is 5.60 Å². The Morgan fingerprint density at radius 1 is 0.864 bits per heavy atom. The molecule has 0 fully saturated rings. The molecule has 0 saturated carbocycles. The average Bonchev–Trinajstić information content (AvgIpc) is 2.32. The highest BCUT2D eigenvalue weighted by molar-refractivity contribution is 6.69. The van der Waals surface area contributed by atoms with Crippen molar-refractivity contribution in [3.05, 3.63) is 12.0 Å². The van der Waals surface area contributed by atoms with Gasteiger partial charge in [0.15, 0.2) is 0 Å². The van der Waals surface area contributed by atoms with E-state index < -0.39 is 8.32 Å². The minimum absolute atomic E-state index is 0.190. The lowest BCUT2D eigenvalue weighted by molar-refractivity contribution is -0.00908. The lowest BCUT2D eigenvalue weighted by Gasteiger charge is -2.28. The van der Waals surface area contributed by atoms with E-state index in [0.717, 1.165) is 12.4 Å². The molecule has 0 spiro atoms. The summed E-state index contributed by atoms with van der Waals surface area (Å²) in [6, 6.07) is 0. The van der Waals surface area contributed by atoms with Crippen molar-refractivity contribution in [1.29, 1.82) is 0 Å². The van der Waals surface area contributed by atoms with Gasteiger partial charge < -0.3 is 9.16 Å². The van der Waals surface area contributed by atoms with E-state index in [-0.39, 0.29) is 5.60 Å². The molecule has 0 aromatic heterocycles. The molecule has 132 valence electrons. The van der Waals surface area contributed by atoms with Crippen molar-refractivity contribution in [2.75, 3.05) is 0 Å². The van der Waals surface area contributed by atoms with E-state index in [9.17, 15) is 0 Å². The second-order valence-corrected chi connectivity index (χ2v) is 12.6. The predicted octanol–water partition coefficient (Wildman–Crippen LogP) is 7.03. The Labute approximate surface area is 140 Å². The zero-order chi connectivity index (χ0) is 17.1. The molecule has 0 rings (SSSR count). The average molecular weight is 329 g/mol. The molecule has 0 aromatic carbocycles. The summed E-state index contributed by atoms with van der Waals surface area (Å²) in [4.78, 5) is 0. The largest absolute Gasteiger partial charge is 0.520 e. The van der Waals surface area contributed by atoms with E-state index >= 15 is 0 Å². The van der Waals surface area contributed by atoms with Gasteiger partial charge in [0.2, 0.25) is 8.32 Å². The van der Waals surface area contributed by atoms with E-state index in [2.05, 4.69) is 53.4 Å².